The van der Waals surface area contributed by atoms with E-state index < -0.39 is 0 Å². The predicted molar refractivity (Wildman–Crippen MR) is 68.3 cm³/mol. The third-order valence-corrected chi connectivity index (χ3v) is 3.22. The van der Waals surface area contributed by atoms with Crippen LogP contribution in [0.15, 0.2) is 23.8 Å². The molecule has 0 saturated carbocycles. The molecular formula is C11H12N4O2S. The first-order valence-corrected chi connectivity index (χ1v) is 6.23. The topological polar surface area (TPSA) is 81.0 Å². The SMILES string of the molecule is Cc1cnc(CNCc2csc([N+](=O)[O-])c2)cn1. The number of hydrogen-bond donors (Lipinski definition) is 1. The minimum absolute atomic E-state index is 0.168. The van der Waals surface area contributed by atoms with Gasteiger partial charge in [-0.05, 0) is 12.5 Å². The third kappa shape index (κ3) is 3.31. The summed E-state index contributed by atoms with van der Waals surface area (Å²) >= 11 is 1.14. The summed E-state index contributed by atoms with van der Waals surface area (Å²) in [6.45, 7) is 3.06. The maximum absolute atomic E-state index is 10.5. The van der Waals surface area contributed by atoms with Crippen molar-refractivity contribution < 1.29 is 4.92 Å². The summed E-state index contributed by atoms with van der Waals surface area (Å²) < 4.78 is 0. The molecule has 2 aromatic rings. The Morgan fingerprint density at radius 2 is 2.22 bits per heavy atom. The fourth-order valence-corrected chi connectivity index (χ4v) is 2.13. The van der Waals surface area contributed by atoms with Crippen LogP contribution in [0.2, 0.25) is 0 Å². The number of nitro groups is 1. The van der Waals surface area contributed by atoms with Gasteiger partial charge in [0, 0.05) is 36.9 Å². The molecule has 0 bridgehead atoms. The third-order valence-electron chi connectivity index (χ3n) is 2.29. The number of hydrogen-bond acceptors (Lipinski definition) is 6. The quantitative estimate of drug-likeness (QED) is 0.660. The Morgan fingerprint density at radius 1 is 1.39 bits per heavy atom. The van der Waals surface area contributed by atoms with Gasteiger partial charge < -0.3 is 5.32 Å². The van der Waals surface area contributed by atoms with Gasteiger partial charge in [0.25, 0.3) is 0 Å². The Balaban J connectivity index is 1.84. The first kappa shape index (κ1) is 12.6. The first-order chi connectivity index (χ1) is 8.65. The van der Waals surface area contributed by atoms with E-state index in [0.717, 1.165) is 28.3 Å². The summed E-state index contributed by atoms with van der Waals surface area (Å²) in [6.07, 6.45) is 3.44. The molecule has 2 rings (SSSR count). The first-order valence-electron chi connectivity index (χ1n) is 5.35. The summed E-state index contributed by atoms with van der Waals surface area (Å²) in [7, 11) is 0. The molecule has 0 atom stereocenters. The number of rotatable bonds is 5. The van der Waals surface area contributed by atoms with E-state index in [1.165, 1.54) is 0 Å². The molecule has 0 radical (unpaired) electrons. The van der Waals surface area contributed by atoms with Gasteiger partial charge >= 0.3 is 5.00 Å². The average molecular weight is 264 g/mol. The molecule has 0 amide bonds. The minimum Gasteiger partial charge on any atom is -0.307 e. The highest BCUT2D eigenvalue weighted by molar-refractivity contribution is 7.13. The van der Waals surface area contributed by atoms with Gasteiger partial charge in [0.05, 0.1) is 16.3 Å². The lowest BCUT2D eigenvalue weighted by Crippen LogP contribution is -2.13. The summed E-state index contributed by atoms with van der Waals surface area (Å²) in [5.74, 6) is 0. The van der Waals surface area contributed by atoms with E-state index in [1.54, 1.807) is 23.8 Å². The standard InChI is InChI=1S/C11H12N4O2S/c1-8-3-14-10(6-13-8)5-12-4-9-2-11(15(16)17)18-7-9/h2-3,6-7,12H,4-5H2,1H3. The molecule has 0 unspecified atom stereocenters. The van der Waals surface area contributed by atoms with E-state index in [1.807, 2.05) is 6.92 Å². The molecule has 94 valence electrons. The highest BCUT2D eigenvalue weighted by atomic mass is 32.1. The molecule has 0 spiro atoms. The molecule has 0 aromatic carbocycles. The molecule has 7 heteroatoms. The Hall–Kier alpha value is -1.86. The minimum atomic E-state index is -0.375. The summed E-state index contributed by atoms with van der Waals surface area (Å²) in [5.41, 5.74) is 2.64. The number of aromatic nitrogens is 2. The van der Waals surface area contributed by atoms with E-state index in [4.69, 9.17) is 0 Å². The van der Waals surface area contributed by atoms with Crippen molar-refractivity contribution >= 4 is 16.3 Å². The molecule has 0 aliphatic rings. The molecular weight excluding hydrogens is 252 g/mol. The van der Waals surface area contributed by atoms with Crippen LogP contribution in [0, 0.1) is 17.0 Å². The average Bonchev–Trinajstić information content (AvgIpc) is 2.81. The molecule has 1 N–H and O–H groups in total. The van der Waals surface area contributed by atoms with E-state index in [2.05, 4.69) is 15.3 Å². The van der Waals surface area contributed by atoms with Crippen molar-refractivity contribution in [3.05, 3.63) is 50.9 Å². The molecule has 0 aliphatic carbocycles. The predicted octanol–water partition coefficient (Wildman–Crippen LogP) is 2.04. The molecule has 2 aromatic heterocycles. The van der Waals surface area contributed by atoms with Gasteiger partial charge in [-0.2, -0.15) is 0 Å². The molecule has 0 aliphatic heterocycles. The van der Waals surface area contributed by atoms with Crippen molar-refractivity contribution in [2.75, 3.05) is 0 Å². The molecule has 0 fully saturated rings. The van der Waals surface area contributed by atoms with Gasteiger partial charge in [0.1, 0.15) is 0 Å². The van der Waals surface area contributed by atoms with Crippen molar-refractivity contribution in [1.82, 2.24) is 15.3 Å². The second kappa shape index (κ2) is 5.65. The van der Waals surface area contributed by atoms with Crippen LogP contribution in [-0.2, 0) is 13.1 Å². The smallest absolute Gasteiger partial charge is 0.307 e. The van der Waals surface area contributed by atoms with Gasteiger partial charge in [0.2, 0.25) is 0 Å². The van der Waals surface area contributed by atoms with Crippen LogP contribution in [0.1, 0.15) is 17.0 Å². The lowest BCUT2D eigenvalue weighted by molar-refractivity contribution is -0.380. The zero-order chi connectivity index (χ0) is 13.0. The van der Waals surface area contributed by atoms with Crippen LogP contribution in [-0.4, -0.2) is 14.9 Å². The van der Waals surface area contributed by atoms with Gasteiger partial charge in [-0.3, -0.25) is 20.1 Å². The van der Waals surface area contributed by atoms with Crippen molar-refractivity contribution in [3.63, 3.8) is 0 Å². The van der Waals surface area contributed by atoms with Crippen LogP contribution in [0.25, 0.3) is 0 Å². The van der Waals surface area contributed by atoms with E-state index >= 15 is 0 Å². The van der Waals surface area contributed by atoms with Gasteiger partial charge in [0.15, 0.2) is 0 Å². The van der Waals surface area contributed by atoms with Crippen molar-refractivity contribution in [1.29, 1.82) is 0 Å². The van der Waals surface area contributed by atoms with Crippen LogP contribution in [0.3, 0.4) is 0 Å². The largest absolute Gasteiger partial charge is 0.324 e. The van der Waals surface area contributed by atoms with Crippen molar-refractivity contribution in [3.8, 4) is 0 Å². The number of nitrogens with zero attached hydrogens (tertiary/aromatic N) is 3. The van der Waals surface area contributed by atoms with Crippen molar-refractivity contribution in [2.45, 2.75) is 20.0 Å². The van der Waals surface area contributed by atoms with Gasteiger partial charge in [-0.15, -0.1) is 0 Å². The van der Waals surface area contributed by atoms with Crippen LogP contribution in [0.4, 0.5) is 5.00 Å². The highest BCUT2D eigenvalue weighted by Crippen LogP contribution is 2.22. The fraction of sp³-hybridized carbons (Fsp3) is 0.273. The monoisotopic (exact) mass is 264 g/mol. The Morgan fingerprint density at radius 3 is 2.83 bits per heavy atom. The Kier molecular flexibility index (Phi) is 3.96. The van der Waals surface area contributed by atoms with Gasteiger partial charge in [-0.25, -0.2) is 0 Å². The molecule has 18 heavy (non-hydrogen) atoms. The molecule has 0 saturated heterocycles. The highest BCUT2D eigenvalue weighted by Gasteiger charge is 2.08. The van der Waals surface area contributed by atoms with Gasteiger partial charge in [-0.1, -0.05) is 11.3 Å². The normalized spacial score (nSPS) is 10.5. The van der Waals surface area contributed by atoms with E-state index in [9.17, 15) is 10.1 Å². The molecule has 6 nitrogen and oxygen atoms in total. The van der Waals surface area contributed by atoms with Crippen molar-refractivity contribution in [2.24, 2.45) is 0 Å². The summed E-state index contributed by atoms with van der Waals surface area (Å²) in [6, 6.07) is 1.58. The summed E-state index contributed by atoms with van der Waals surface area (Å²) in [5, 5.41) is 15.6. The zero-order valence-corrected chi connectivity index (χ0v) is 10.6. The molecule has 2 heterocycles. The maximum Gasteiger partial charge on any atom is 0.324 e. The maximum atomic E-state index is 10.5. The summed E-state index contributed by atoms with van der Waals surface area (Å²) in [4.78, 5) is 18.5. The lowest BCUT2D eigenvalue weighted by Gasteiger charge is -2.02. The Bertz CT molecular complexity index is 538. The number of nitrogens with one attached hydrogen (secondary N) is 1. The van der Waals surface area contributed by atoms with E-state index in [0.29, 0.717) is 13.1 Å². The van der Waals surface area contributed by atoms with Crippen LogP contribution in [0.5, 0.6) is 0 Å². The van der Waals surface area contributed by atoms with E-state index in [-0.39, 0.29) is 9.92 Å². The number of thiophene rings is 1. The second-order valence-corrected chi connectivity index (χ2v) is 4.69. The second-order valence-electron chi connectivity index (χ2n) is 3.80. The lowest BCUT2D eigenvalue weighted by atomic mass is 10.3. The Labute approximate surface area is 108 Å². The fourth-order valence-electron chi connectivity index (χ4n) is 1.40. The number of aryl methyl sites for hydroxylation is 1. The zero-order valence-electron chi connectivity index (χ0n) is 9.79. The van der Waals surface area contributed by atoms with Crippen LogP contribution < -0.4 is 5.32 Å². The van der Waals surface area contributed by atoms with Crippen LogP contribution >= 0.6 is 11.3 Å².